The van der Waals surface area contributed by atoms with E-state index in [1.54, 1.807) is 0 Å². The van der Waals surface area contributed by atoms with Crippen LogP contribution in [0.3, 0.4) is 0 Å². The first-order valence-electron chi connectivity index (χ1n) is 5.13. The van der Waals surface area contributed by atoms with Crippen molar-refractivity contribution in [1.82, 2.24) is 0 Å². The maximum atomic E-state index is 6.03. The zero-order valence-electron chi connectivity index (χ0n) is 9.26. The van der Waals surface area contributed by atoms with Gasteiger partial charge in [0, 0.05) is 5.69 Å². The Labute approximate surface area is 93.1 Å². The second kappa shape index (κ2) is 5.92. The highest BCUT2D eigenvalue weighted by Crippen LogP contribution is 2.21. The fourth-order valence-electron chi connectivity index (χ4n) is 1.64. The van der Waals surface area contributed by atoms with E-state index in [4.69, 9.17) is 5.73 Å². The fourth-order valence-corrected chi connectivity index (χ4v) is 1.64. The van der Waals surface area contributed by atoms with Gasteiger partial charge >= 0.3 is 0 Å². The predicted octanol–water partition coefficient (Wildman–Crippen LogP) is 3.38. The van der Waals surface area contributed by atoms with Crippen molar-refractivity contribution in [2.45, 2.75) is 40.0 Å². The van der Waals surface area contributed by atoms with E-state index in [-0.39, 0.29) is 12.4 Å². The van der Waals surface area contributed by atoms with Crippen molar-refractivity contribution in [2.75, 3.05) is 5.73 Å². The minimum absolute atomic E-state index is 0. The molecule has 14 heavy (non-hydrogen) atoms. The van der Waals surface area contributed by atoms with Crippen LogP contribution in [-0.2, 0) is 19.3 Å². The van der Waals surface area contributed by atoms with Crippen molar-refractivity contribution in [3.63, 3.8) is 0 Å². The molecule has 0 saturated carbocycles. The fraction of sp³-hybridized carbons (Fsp3) is 0.500. The molecule has 0 aliphatic heterocycles. The molecule has 0 spiro atoms. The number of anilines is 1. The molecule has 80 valence electrons. The van der Waals surface area contributed by atoms with Gasteiger partial charge in [0.2, 0.25) is 0 Å². The Bertz CT molecular complexity index is 269. The lowest BCUT2D eigenvalue weighted by molar-refractivity contribution is 1.05. The van der Waals surface area contributed by atoms with Gasteiger partial charge in [0.1, 0.15) is 0 Å². The Hall–Kier alpha value is -0.690. The van der Waals surface area contributed by atoms with Gasteiger partial charge in [-0.1, -0.05) is 32.9 Å². The van der Waals surface area contributed by atoms with E-state index in [1.165, 1.54) is 16.7 Å². The average molecular weight is 214 g/mol. The van der Waals surface area contributed by atoms with Crippen LogP contribution in [0.2, 0.25) is 0 Å². The summed E-state index contributed by atoms with van der Waals surface area (Å²) in [6, 6.07) is 4.46. The van der Waals surface area contributed by atoms with Gasteiger partial charge in [0.05, 0.1) is 0 Å². The molecule has 0 atom stereocenters. The molecule has 2 N–H and O–H groups in total. The maximum absolute atomic E-state index is 6.03. The second-order valence-electron chi connectivity index (χ2n) is 3.39. The maximum Gasteiger partial charge on any atom is 0.0379 e. The van der Waals surface area contributed by atoms with Crippen LogP contribution in [0.1, 0.15) is 37.5 Å². The third-order valence-corrected chi connectivity index (χ3v) is 2.58. The number of aryl methyl sites for hydroxylation is 3. The highest BCUT2D eigenvalue weighted by atomic mass is 35.5. The monoisotopic (exact) mass is 213 g/mol. The third-order valence-electron chi connectivity index (χ3n) is 2.58. The molecular weight excluding hydrogens is 194 g/mol. The van der Waals surface area contributed by atoms with Gasteiger partial charge in [-0.25, -0.2) is 0 Å². The van der Waals surface area contributed by atoms with E-state index in [9.17, 15) is 0 Å². The van der Waals surface area contributed by atoms with Gasteiger partial charge in [-0.05, 0) is 36.0 Å². The summed E-state index contributed by atoms with van der Waals surface area (Å²) in [7, 11) is 0. The smallest absolute Gasteiger partial charge is 0.0379 e. The SMILES string of the molecule is CCc1cc(CC)c(N)c(CC)c1.Cl. The Morgan fingerprint density at radius 2 is 1.36 bits per heavy atom. The molecule has 0 saturated heterocycles. The summed E-state index contributed by atoms with van der Waals surface area (Å²) in [5, 5.41) is 0. The number of rotatable bonds is 3. The number of hydrogen-bond acceptors (Lipinski definition) is 1. The molecule has 1 rings (SSSR count). The molecular formula is C12H20ClN. The lowest BCUT2D eigenvalue weighted by Gasteiger charge is -2.10. The Morgan fingerprint density at radius 3 is 1.64 bits per heavy atom. The molecule has 1 aromatic rings. The van der Waals surface area contributed by atoms with Crippen LogP contribution >= 0.6 is 12.4 Å². The normalized spacial score (nSPS) is 9.64. The van der Waals surface area contributed by atoms with Crippen LogP contribution in [0.15, 0.2) is 12.1 Å². The van der Waals surface area contributed by atoms with Gasteiger partial charge in [0.15, 0.2) is 0 Å². The average Bonchev–Trinajstić information content (AvgIpc) is 2.18. The summed E-state index contributed by atoms with van der Waals surface area (Å²) in [6.07, 6.45) is 3.17. The van der Waals surface area contributed by atoms with E-state index in [0.29, 0.717) is 0 Å². The first-order valence-corrected chi connectivity index (χ1v) is 5.13. The zero-order chi connectivity index (χ0) is 9.84. The second-order valence-corrected chi connectivity index (χ2v) is 3.39. The van der Waals surface area contributed by atoms with E-state index in [2.05, 4.69) is 32.9 Å². The molecule has 0 aromatic heterocycles. The van der Waals surface area contributed by atoms with Crippen molar-refractivity contribution in [3.8, 4) is 0 Å². The summed E-state index contributed by atoms with van der Waals surface area (Å²) in [5.74, 6) is 0. The molecule has 1 aromatic carbocycles. The van der Waals surface area contributed by atoms with Gasteiger partial charge in [-0.2, -0.15) is 0 Å². The molecule has 0 amide bonds. The number of nitrogens with two attached hydrogens (primary N) is 1. The summed E-state index contributed by atoms with van der Waals surface area (Å²) in [4.78, 5) is 0. The standard InChI is InChI=1S/C12H19N.ClH/c1-4-9-7-10(5-2)12(13)11(6-3)8-9;/h7-8H,4-6,13H2,1-3H3;1H. The minimum Gasteiger partial charge on any atom is -0.398 e. The molecule has 0 fully saturated rings. The van der Waals surface area contributed by atoms with Gasteiger partial charge < -0.3 is 5.73 Å². The number of hydrogen-bond donors (Lipinski definition) is 1. The van der Waals surface area contributed by atoms with E-state index in [1.807, 2.05) is 0 Å². The Balaban J connectivity index is 0.00000169. The quantitative estimate of drug-likeness (QED) is 0.766. The Morgan fingerprint density at radius 1 is 0.929 bits per heavy atom. The van der Waals surface area contributed by atoms with Gasteiger partial charge in [-0.15, -0.1) is 12.4 Å². The molecule has 2 heteroatoms. The van der Waals surface area contributed by atoms with Crippen molar-refractivity contribution >= 4 is 18.1 Å². The van der Waals surface area contributed by atoms with Crippen LogP contribution in [-0.4, -0.2) is 0 Å². The largest absolute Gasteiger partial charge is 0.398 e. The lowest BCUT2D eigenvalue weighted by atomic mass is 9.98. The van der Waals surface area contributed by atoms with Crippen molar-refractivity contribution in [1.29, 1.82) is 0 Å². The highest BCUT2D eigenvalue weighted by Gasteiger charge is 2.04. The van der Waals surface area contributed by atoms with E-state index in [0.717, 1.165) is 24.9 Å². The number of benzene rings is 1. The number of nitrogen functional groups attached to an aromatic ring is 1. The first-order chi connectivity index (χ1) is 6.22. The van der Waals surface area contributed by atoms with E-state index < -0.39 is 0 Å². The molecule has 0 radical (unpaired) electrons. The molecule has 0 unspecified atom stereocenters. The molecule has 1 nitrogen and oxygen atoms in total. The first kappa shape index (κ1) is 13.3. The molecule has 0 heterocycles. The highest BCUT2D eigenvalue weighted by molar-refractivity contribution is 5.85. The summed E-state index contributed by atoms with van der Waals surface area (Å²) < 4.78 is 0. The molecule has 0 aliphatic carbocycles. The minimum atomic E-state index is 0. The van der Waals surface area contributed by atoms with Crippen LogP contribution in [0.4, 0.5) is 5.69 Å². The predicted molar refractivity (Wildman–Crippen MR) is 66.2 cm³/mol. The van der Waals surface area contributed by atoms with Gasteiger partial charge in [0.25, 0.3) is 0 Å². The third kappa shape index (κ3) is 2.65. The van der Waals surface area contributed by atoms with E-state index >= 15 is 0 Å². The zero-order valence-corrected chi connectivity index (χ0v) is 10.1. The van der Waals surface area contributed by atoms with Crippen LogP contribution in [0, 0.1) is 0 Å². The summed E-state index contributed by atoms with van der Waals surface area (Å²) in [5.41, 5.74) is 11.0. The summed E-state index contributed by atoms with van der Waals surface area (Å²) >= 11 is 0. The Kier molecular flexibility index (Phi) is 5.63. The van der Waals surface area contributed by atoms with Crippen LogP contribution in [0.5, 0.6) is 0 Å². The molecule has 0 bridgehead atoms. The number of halogens is 1. The van der Waals surface area contributed by atoms with Crippen LogP contribution in [0.25, 0.3) is 0 Å². The van der Waals surface area contributed by atoms with Crippen molar-refractivity contribution in [2.24, 2.45) is 0 Å². The topological polar surface area (TPSA) is 26.0 Å². The van der Waals surface area contributed by atoms with Crippen molar-refractivity contribution < 1.29 is 0 Å². The van der Waals surface area contributed by atoms with Crippen molar-refractivity contribution in [3.05, 3.63) is 28.8 Å². The molecule has 0 aliphatic rings. The van der Waals surface area contributed by atoms with Crippen LogP contribution < -0.4 is 5.73 Å². The van der Waals surface area contributed by atoms with Gasteiger partial charge in [-0.3, -0.25) is 0 Å². The lowest BCUT2D eigenvalue weighted by Crippen LogP contribution is -2.00. The summed E-state index contributed by atoms with van der Waals surface area (Å²) in [6.45, 7) is 6.50.